The molecule has 0 unspecified atom stereocenters. The third-order valence-corrected chi connectivity index (χ3v) is 6.00. The Morgan fingerprint density at radius 3 is 1.81 bits per heavy atom. The maximum absolute atomic E-state index is 6.30. The highest BCUT2D eigenvalue weighted by molar-refractivity contribution is 9.11. The molecule has 0 amide bonds. The zero-order valence-electron chi connectivity index (χ0n) is 14.2. The first kappa shape index (κ1) is 20.0. The van der Waals surface area contributed by atoms with E-state index in [2.05, 4.69) is 52.8 Å². The molecule has 0 aliphatic rings. The van der Waals surface area contributed by atoms with Gasteiger partial charge in [0.1, 0.15) is 5.84 Å². The summed E-state index contributed by atoms with van der Waals surface area (Å²) in [7, 11) is 0. The van der Waals surface area contributed by atoms with Gasteiger partial charge in [-0.1, -0.05) is 102 Å². The molecule has 0 aromatic heterocycles. The van der Waals surface area contributed by atoms with Gasteiger partial charge in [0, 0.05) is 24.5 Å². The molecule has 0 fully saturated rings. The van der Waals surface area contributed by atoms with E-state index in [9.17, 15) is 0 Å². The molecule has 6 heteroatoms. The van der Waals surface area contributed by atoms with E-state index in [1.807, 2.05) is 72.8 Å². The lowest BCUT2D eigenvalue weighted by atomic mass is 10.2. The number of benzene rings is 3. The molecular weight excluding hydrogens is 534 g/mol. The highest BCUT2D eigenvalue weighted by atomic mass is 79.9. The fraction of sp³-hybridized carbons (Fsp3) is 0.0476. The second kappa shape index (κ2) is 9.44. The Morgan fingerprint density at radius 2 is 1.22 bits per heavy atom. The molecule has 0 atom stereocenters. The molecule has 0 aliphatic heterocycles. The van der Waals surface area contributed by atoms with Crippen LogP contribution in [0.25, 0.3) is 0 Å². The van der Waals surface area contributed by atoms with Crippen molar-refractivity contribution < 1.29 is 0 Å². The van der Waals surface area contributed by atoms with Crippen molar-refractivity contribution in [2.45, 2.75) is 6.54 Å². The van der Waals surface area contributed by atoms with Crippen molar-refractivity contribution in [1.82, 2.24) is 0 Å². The van der Waals surface area contributed by atoms with Crippen molar-refractivity contribution in [3.8, 4) is 0 Å². The predicted molar refractivity (Wildman–Crippen MR) is 123 cm³/mol. The summed E-state index contributed by atoms with van der Waals surface area (Å²) in [6, 6.07) is 23.6. The molecule has 0 saturated heterocycles. The maximum Gasteiger partial charge on any atom is 0.158 e. The van der Waals surface area contributed by atoms with E-state index < -0.39 is 0 Å². The Balaban J connectivity index is 2.04. The quantitative estimate of drug-likeness (QED) is 0.300. The maximum atomic E-state index is 6.30. The van der Waals surface area contributed by atoms with Crippen molar-refractivity contribution in [2.24, 2.45) is 15.7 Å². The third kappa shape index (κ3) is 5.15. The Kier molecular flexibility index (Phi) is 6.99. The van der Waals surface area contributed by atoms with Crippen LogP contribution in [0.3, 0.4) is 0 Å². The molecule has 0 bridgehead atoms. The van der Waals surface area contributed by atoms with Gasteiger partial charge in [0.2, 0.25) is 0 Å². The van der Waals surface area contributed by atoms with Gasteiger partial charge in [-0.05, 0) is 23.8 Å². The summed E-state index contributed by atoms with van der Waals surface area (Å²) in [5.74, 6) is 0.982. The van der Waals surface area contributed by atoms with Gasteiger partial charge in [-0.15, -0.1) is 0 Å². The zero-order valence-corrected chi connectivity index (χ0v) is 19.0. The standard InChI is InChI=1S/C21H16Br3N3/c22-17-10-4-1-7-14(17)13-26-21(16-9-3-6-12-19(16)24)27-20(25)15-8-2-5-11-18(15)23/h1-12H,13H2,(H2,25,26,27). The average Bonchev–Trinajstić information content (AvgIpc) is 2.67. The van der Waals surface area contributed by atoms with Gasteiger partial charge in [-0.2, -0.15) is 0 Å². The molecule has 3 aromatic rings. The highest BCUT2D eigenvalue weighted by Gasteiger charge is 2.10. The van der Waals surface area contributed by atoms with E-state index >= 15 is 0 Å². The van der Waals surface area contributed by atoms with Crippen molar-refractivity contribution in [1.29, 1.82) is 0 Å². The fourth-order valence-corrected chi connectivity index (χ4v) is 3.81. The number of halogens is 3. The summed E-state index contributed by atoms with van der Waals surface area (Å²) in [4.78, 5) is 9.41. The summed E-state index contributed by atoms with van der Waals surface area (Å²) < 4.78 is 2.83. The Bertz CT molecular complexity index is 1010. The van der Waals surface area contributed by atoms with Crippen molar-refractivity contribution in [2.75, 3.05) is 0 Å². The second-order valence-electron chi connectivity index (χ2n) is 5.69. The molecule has 0 heterocycles. The minimum Gasteiger partial charge on any atom is -0.383 e. The predicted octanol–water partition coefficient (Wildman–Crippen LogP) is 6.33. The van der Waals surface area contributed by atoms with Crippen molar-refractivity contribution in [3.05, 3.63) is 103 Å². The lowest BCUT2D eigenvalue weighted by Gasteiger charge is -2.09. The first-order valence-electron chi connectivity index (χ1n) is 8.18. The van der Waals surface area contributed by atoms with Crippen molar-refractivity contribution >= 4 is 59.5 Å². The van der Waals surface area contributed by atoms with Gasteiger partial charge in [0.25, 0.3) is 0 Å². The van der Waals surface area contributed by atoms with E-state index in [1.165, 1.54) is 0 Å². The van der Waals surface area contributed by atoms with Gasteiger partial charge in [-0.25, -0.2) is 4.99 Å². The van der Waals surface area contributed by atoms with Crippen LogP contribution in [0.5, 0.6) is 0 Å². The number of nitrogens with two attached hydrogens (primary N) is 1. The third-order valence-electron chi connectivity index (χ3n) is 3.85. The molecule has 2 N–H and O–H groups in total. The molecule has 3 rings (SSSR count). The minimum absolute atomic E-state index is 0.407. The minimum atomic E-state index is 0.407. The first-order chi connectivity index (χ1) is 13.1. The lowest BCUT2D eigenvalue weighted by molar-refractivity contribution is 1.05. The number of hydrogen-bond donors (Lipinski definition) is 1. The number of hydrogen-bond acceptors (Lipinski definition) is 1. The number of aliphatic imine (C=N–C) groups is 2. The van der Waals surface area contributed by atoms with E-state index in [0.717, 1.165) is 30.1 Å². The molecule has 0 saturated carbocycles. The van der Waals surface area contributed by atoms with Gasteiger partial charge >= 0.3 is 0 Å². The average molecular weight is 550 g/mol. The largest absolute Gasteiger partial charge is 0.383 e. The van der Waals surface area contributed by atoms with Crippen LogP contribution in [0.1, 0.15) is 16.7 Å². The Labute approximate surface area is 183 Å². The summed E-state index contributed by atoms with van der Waals surface area (Å²) in [5.41, 5.74) is 9.10. The smallest absolute Gasteiger partial charge is 0.158 e. The molecular formula is C21H16Br3N3. The summed E-state index contributed by atoms with van der Waals surface area (Å²) in [6.45, 7) is 0.491. The Morgan fingerprint density at radius 1 is 0.704 bits per heavy atom. The van der Waals surface area contributed by atoms with Crippen LogP contribution in [0.15, 0.2) is 96.2 Å². The van der Waals surface area contributed by atoms with E-state index in [4.69, 9.17) is 10.7 Å². The van der Waals surface area contributed by atoms with Crippen LogP contribution in [-0.4, -0.2) is 11.7 Å². The molecule has 3 aromatic carbocycles. The highest BCUT2D eigenvalue weighted by Crippen LogP contribution is 2.21. The SMILES string of the molecule is N/C(=N\C(=N/Cc1ccccc1Br)c1ccccc1Br)c1ccccc1Br. The van der Waals surface area contributed by atoms with Crippen molar-refractivity contribution in [3.63, 3.8) is 0 Å². The summed E-state index contributed by atoms with van der Waals surface area (Å²) >= 11 is 10.7. The molecule has 136 valence electrons. The topological polar surface area (TPSA) is 50.7 Å². The monoisotopic (exact) mass is 547 g/mol. The summed E-state index contributed by atoms with van der Waals surface area (Å²) in [6.07, 6.45) is 0. The van der Waals surface area contributed by atoms with Crippen LogP contribution in [0, 0.1) is 0 Å². The number of amidine groups is 2. The van der Waals surface area contributed by atoms with Crippen LogP contribution < -0.4 is 5.73 Å². The Hall–Kier alpha value is -1.76. The normalized spacial score (nSPS) is 12.3. The van der Waals surface area contributed by atoms with E-state index in [1.54, 1.807) is 0 Å². The fourth-order valence-electron chi connectivity index (χ4n) is 2.45. The van der Waals surface area contributed by atoms with E-state index in [0.29, 0.717) is 18.2 Å². The first-order valence-corrected chi connectivity index (χ1v) is 10.6. The van der Waals surface area contributed by atoms with Crippen LogP contribution >= 0.6 is 47.8 Å². The molecule has 0 radical (unpaired) electrons. The van der Waals surface area contributed by atoms with E-state index in [-0.39, 0.29) is 0 Å². The summed E-state index contributed by atoms with van der Waals surface area (Å²) in [5, 5.41) is 0. The molecule has 3 nitrogen and oxygen atoms in total. The molecule has 27 heavy (non-hydrogen) atoms. The number of nitrogens with zero attached hydrogens (tertiary/aromatic N) is 2. The lowest BCUT2D eigenvalue weighted by Crippen LogP contribution is -2.17. The van der Waals surface area contributed by atoms with Gasteiger partial charge in [0.05, 0.1) is 6.54 Å². The van der Waals surface area contributed by atoms with Gasteiger partial charge < -0.3 is 5.73 Å². The molecule has 0 spiro atoms. The van der Waals surface area contributed by atoms with Crippen LogP contribution in [-0.2, 0) is 6.54 Å². The van der Waals surface area contributed by atoms with Gasteiger partial charge in [0.15, 0.2) is 5.84 Å². The van der Waals surface area contributed by atoms with Gasteiger partial charge in [-0.3, -0.25) is 4.99 Å². The second-order valence-corrected chi connectivity index (χ2v) is 8.25. The number of rotatable bonds is 4. The molecule has 0 aliphatic carbocycles. The van der Waals surface area contributed by atoms with Crippen LogP contribution in [0.2, 0.25) is 0 Å². The zero-order chi connectivity index (χ0) is 19.2. The van der Waals surface area contributed by atoms with Crippen LogP contribution in [0.4, 0.5) is 0 Å².